The summed E-state index contributed by atoms with van der Waals surface area (Å²) in [6.07, 6.45) is 0. The van der Waals surface area contributed by atoms with Crippen molar-refractivity contribution in [3.63, 3.8) is 0 Å². The third-order valence-corrected chi connectivity index (χ3v) is 6.47. The number of aromatic nitrogens is 6. The van der Waals surface area contributed by atoms with Crippen LogP contribution in [0.5, 0.6) is 17.5 Å². The molecule has 11 heteroatoms. The fraction of sp³-hybridized carbons (Fsp3) is 0.100. The summed E-state index contributed by atoms with van der Waals surface area (Å²) in [7, 11) is 0. The van der Waals surface area contributed by atoms with E-state index in [-0.39, 0.29) is 11.4 Å². The smallest absolute Gasteiger partial charge is 0.337 e. The molecule has 0 saturated heterocycles. The topological polar surface area (TPSA) is 128 Å². The summed E-state index contributed by atoms with van der Waals surface area (Å²) in [6.45, 7) is 2.59. The first kappa shape index (κ1) is 25.7. The van der Waals surface area contributed by atoms with E-state index in [1.54, 1.807) is 41.0 Å². The fourth-order valence-electron chi connectivity index (χ4n) is 4.63. The molecule has 0 aliphatic carbocycles. The van der Waals surface area contributed by atoms with Crippen LogP contribution in [0.4, 0.5) is 4.39 Å². The summed E-state index contributed by atoms with van der Waals surface area (Å²) in [5.41, 5.74) is 4.52. The molecule has 2 heterocycles. The Labute approximate surface area is 233 Å². The van der Waals surface area contributed by atoms with Crippen molar-refractivity contribution in [2.75, 3.05) is 6.61 Å². The van der Waals surface area contributed by atoms with Crippen molar-refractivity contribution in [2.45, 2.75) is 13.5 Å². The second-order valence-corrected chi connectivity index (χ2v) is 9.09. The average molecular weight is 551 g/mol. The van der Waals surface area contributed by atoms with E-state index in [2.05, 4.69) is 25.6 Å². The molecule has 0 fully saturated rings. The van der Waals surface area contributed by atoms with Crippen molar-refractivity contribution < 1.29 is 23.8 Å². The number of aromatic carboxylic acids is 1. The highest BCUT2D eigenvalue weighted by Crippen LogP contribution is 2.35. The molecule has 0 spiro atoms. The third-order valence-electron chi connectivity index (χ3n) is 6.47. The van der Waals surface area contributed by atoms with E-state index in [1.165, 1.54) is 12.1 Å². The molecule has 2 N–H and O–H groups in total. The summed E-state index contributed by atoms with van der Waals surface area (Å²) in [5.74, 6) is 0.0901. The number of H-pyrrole nitrogens is 1. The molecule has 0 amide bonds. The van der Waals surface area contributed by atoms with E-state index in [4.69, 9.17) is 9.47 Å². The first-order valence-corrected chi connectivity index (χ1v) is 12.8. The molecule has 10 nitrogen and oxygen atoms in total. The Balaban J connectivity index is 1.36. The SMILES string of the molecule is CCOc1nc2cccc(C(=O)O)c2n1Cc1ccc(-c2cc(Oc3ccc(F)cc3)ccc2-c2nn[nH]n2)cc1. The molecule has 0 radical (unpaired) electrons. The first-order valence-electron chi connectivity index (χ1n) is 12.8. The molecule has 0 aliphatic heterocycles. The fourth-order valence-corrected chi connectivity index (χ4v) is 4.63. The number of carboxylic acid groups (broad SMARTS) is 1. The first-order chi connectivity index (χ1) is 20.0. The molecule has 41 heavy (non-hydrogen) atoms. The quantitative estimate of drug-likeness (QED) is 0.226. The van der Waals surface area contributed by atoms with Crippen molar-refractivity contribution in [3.8, 4) is 40.0 Å². The van der Waals surface area contributed by atoms with E-state index in [9.17, 15) is 14.3 Å². The van der Waals surface area contributed by atoms with E-state index in [0.717, 1.165) is 22.3 Å². The summed E-state index contributed by atoms with van der Waals surface area (Å²) in [4.78, 5) is 16.5. The van der Waals surface area contributed by atoms with Crippen molar-refractivity contribution in [2.24, 2.45) is 0 Å². The van der Waals surface area contributed by atoms with Gasteiger partial charge in [-0.1, -0.05) is 30.3 Å². The predicted molar refractivity (Wildman–Crippen MR) is 148 cm³/mol. The second kappa shape index (κ2) is 10.9. The van der Waals surface area contributed by atoms with Crippen LogP contribution in [0.3, 0.4) is 0 Å². The molecule has 0 bridgehead atoms. The maximum Gasteiger partial charge on any atom is 0.337 e. The largest absolute Gasteiger partial charge is 0.478 e. The van der Waals surface area contributed by atoms with Crippen LogP contribution in [0.25, 0.3) is 33.5 Å². The average Bonchev–Trinajstić information content (AvgIpc) is 3.64. The Morgan fingerprint density at radius 3 is 2.46 bits per heavy atom. The standard InChI is InChI=1S/C30H23FN6O4/c1-2-40-30-32-26-5-3-4-24(29(38)39)27(26)37(30)17-18-6-8-19(9-7-18)25-16-22(41-21-12-10-20(31)11-13-21)14-15-23(25)28-33-35-36-34-28/h3-16H,2,17H2,1H3,(H,38,39)(H,33,34,35,36). The summed E-state index contributed by atoms with van der Waals surface area (Å²) < 4.78 is 26.8. The molecule has 0 unspecified atom stereocenters. The highest BCUT2D eigenvalue weighted by atomic mass is 19.1. The van der Waals surface area contributed by atoms with Crippen molar-refractivity contribution in [1.29, 1.82) is 0 Å². The molecule has 0 atom stereocenters. The zero-order valence-electron chi connectivity index (χ0n) is 21.8. The number of rotatable bonds is 9. The number of nitrogens with one attached hydrogen (secondary N) is 1. The third kappa shape index (κ3) is 5.20. The summed E-state index contributed by atoms with van der Waals surface area (Å²) in [6, 6.07) is 24.4. The number of ether oxygens (including phenoxy) is 2. The molecule has 0 aliphatic rings. The zero-order valence-corrected chi connectivity index (χ0v) is 21.8. The van der Waals surface area contributed by atoms with Crippen LogP contribution in [0, 0.1) is 5.82 Å². The van der Waals surface area contributed by atoms with Crippen LogP contribution in [0.15, 0.2) is 84.9 Å². The summed E-state index contributed by atoms with van der Waals surface area (Å²) in [5, 5.41) is 24.2. The number of aromatic amines is 1. The number of hydrogen-bond acceptors (Lipinski definition) is 7. The number of halogens is 1. The number of benzene rings is 4. The number of para-hydroxylation sites is 1. The van der Waals surface area contributed by atoms with Gasteiger partial charge in [-0.2, -0.15) is 10.2 Å². The molecule has 0 saturated carbocycles. The van der Waals surface area contributed by atoms with E-state index < -0.39 is 5.97 Å². The highest BCUT2D eigenvalue weighted by Gasteiger charge is 2.19. The maximum atomic E-state index is 13.3. The monoisotopic (exact) mass is 550 g/mol. The van der Waals surface area contributed by atoms with Gasteiger partial charge in [-0.15, -0.1) is 10.2 Å². The minimum atomic E-state index is -1.04. The van der Waals surface area contributed by atoms with Gasteiger partial charge >= 0.3 is 5.97 Å². The van der Waals surface area contributed by atoms with Gasteiger partial charge in [0.2, 0.25) is 5.82 Å². The number of tetrazole rings is 1. The molecule has 204 valence electrons. The van der Waals surface area contributed by atoms with Crippen molar-refractivity contribution in [1.82, 2.24) is 30.2 Å². The van der Waals surface area contributed by atoms with Gasteiger partial charge in [-0.05, 0) is 83.4 Å². The number of nitrogens with zero attached hydrogens (tertiary/aromatic N) is 5. The zero-order chi connectivity index (χ0) is 28.3. The lowest BCUT2D eigenvalue weighted by Crippen LogP contribution is -2.08. The van der Waals surface area contributed by atoms with Gasteiger partial charge in [0, 0.05) is 5.56 Å². The van der Waals surface area contributed by atoms with E-state index in [0.29, 0.717) is 47.5 Å². The van der Waals surface area contributed by atoms with Crippen molar-refractivity contribution in [3.05, 3.63) is 102 Å². The number of carbonyl (C=O) groups is 1. The van der Waals surface area contributed by atoms with Gasteiger partial charge in [-0.25, -0.2) is 9.18 Å². The predicted octanol–water partition coefficient (Wildman–Crippen LogP) is 5.96. The molecule has 2 aromatic heterocycles. The van der Waals surface area contributed by atoms with Crippen molar-refractivity contribution >= 4 is 17.0 Å². The Kier molecular flexibility index (Phi) is 6.82. The highest BCUT2D eigenvalue weighted by molar-refractivity contribution is 6.01. The van der Waals surface area contributed by atoms with Gasteiger partial charge < -0.3 is 14.6 Å². The van der Waals surface area contributed by atoms with Gasteiger partial charge in [0.25, 0.3) is 6.01 Å². The van der Waals surface area contributed by atoms with Gasteiger partial charge in [0.15, 0.2) is 0 Å². The molecular formula is C30H23FN6O4. The number of imidazole rings is 1. The second-order valence-electron chi connectivity index (χ2n) is 9.09. The van der Waals surface area contributed by atoms with E-state index in [1.807, 2.05) is 43.3 Å². The van der Waals surface area contributed by atoms with Crippen LogP contribution in [-0.2, 0) is 6.54 Å². The molecule has 4 aromatic carbocycles. The molecule has 6 rings (SSSR count). The minimum absolute atomic E-state index is 0.153. The Morgan fingerprint density at radius 1 is 0.976 bits per heavy atom. The van der Waals surface area contributed by atoms with Crippen LogP contribution < -0.4 is 9.47 Å². The summed E-state index contributed by atoms with van der Waals surface area (Å²) >= 11 is 0. The minimum Gasteiger partial charge on any atom is -0.478 e. The molecule has 6 aromatic rings. The van der Waals surface area contributed by atoms with Gasteiger partial charge in [-0.3, -0.25) is 4.57 Å². The Morgan fingerprint density at radius 2 is 1.76 bits per heavy atom. The normalized spacial score (nSPS) is 11.1. The van der Waals surface area contributed by atoms with Crippen LogP contribution >= 0.6 is 0 Å². The lowest BCUT2D eigenvalue weighted by atomic mass is 9.97. The van der Waals surface area contributed by atoms with Crippen LogP contribution in [-0.4, -0.2) is 47.9 Å². The lowest BCUT2D eigenvalue weighted by Gasteiger charge is -2.13. The molecular weight excluding hydrogens is 527 g/mol. The van der Waals surface area contributed by atoms with Gasteiger partial charge in [0.1, 0.15) is 17.3 Å². The van der Waals surface area contributed by atoms with Crippen LogP contribution in [0.2, 0.25) is 0 Å². The Hall–Kier alpha value is -5.58. The number of hydrogen-bond donors (Lipinski definition) is 2. The maximum absolute atomic E-state index is 13.3. The van der Waals surface area contributed by atoms with Gasteiger partial charge in [0.05, 0.1) is 29.7 Å². The number of carboxylic acids is 1. The lowest BCUT2D eigenvalue weighted by molar-refractivity contribution is 0.0698. The van der Waals surface area contributed by atoms with E-state index >= 15 is 0 Å². The Bertz CT molecular complexity index is 1830. The number of fused-ring (bicyclic) bond motifs is 1. The van der Waals surface area contributed by atoms with Crippen LogP contribution in [0.1, 0.15) is 22.8 Å².